The van der Waals surface area contributed by atoms with Crippen LogP contribution in [0.2, 0.25) is 0 Å². The van der Waals surface area contributed by atoms with Gasteiger partial charge in [-0.15, -0.1) is 0 Å². The predicted molar refractivity (Wildman–Crippen MR) is 115 cm³/mol. The van der Waals surface area contributed by atoms with Crippen LogP contribution in [0, 0.1) is 5.82 Å². The van der Waals surface area contributed by atoms with Crippen molar-refractivity contribution >= 4 is 21.6 Å². The van der Waals surface area contributed by atoms with E-state index in [1.165, 1.54) is 30.5 Å². The molecule has 1 heterocycles. The van der Waals surface area contributed by atoms with Gasteiger partial charge in [-0.1, -0.05) is 6.92 Å². The Kier molecular flexibility index (Phi) is 6.86. The molecule has 0 aliphatic heterocycles. The highest BCUT2D eigenvalue weighted by Gasteiger charge is 2.17. The van der Waals surface area contributed by atoms with Gasteiger partial charge >= 0.3 is 0 Å². The normalized spacial score (nSPS) is 12.1. The van der Waals surface area contributed by atoms with Gasteiger partial charge in [-0.05, 0) is 74.0 Å². The smallest absolute Gasteiger partial charge is 0.261 e. The number of halogens is 1. The molecule has 1 atom stereocenters. The maximum absolute atomic E-state index is 13.0. The molecule has 2 N–H and O–H groups in total. The van der Waals surface area contributed by atoms with Crippen LogP contribution in [0.4, 0.5) is 10.1 Å². The fourth-order valence-electron chi connectivity index (χ4n) is 2.58. The van der Waals surface area contributed by atoms with Crippen LogP contribution in [0.25, 0.3) is 0 Å². The van der Waals surface area contributed by atoms with Gasteiger partial charge < -0.3 is 10.1 Å². The molecule has 9 heteroatoms. The summed E-state index contributed by atoms with van der Waals surface area (Å²) in [5, 5.41) is 2.87. The number of aromatic nitrogens is 1. The number of hydrogen-bond acceptors (Lipinski definition) is 5. The third-order valence-corrected chi connectivity index (χ3v) is 5.85. The minimum Gasteiger partial charge on any atom is -0.438 e. The molecule has 0 spiro atoms. The summed E-state index contributed by atoms with van der Waals surface area (Å²) in [4.78, 5) is 16.5. The monoisotopic (exact) mass is 443 g/mol. The number of carbonyl (C=O) groups is 1. The van der Waals surface area contributed by atoms with Gasteiger partial charge in [-0.3, -0.25) is 9.52 Å². The van der Waals surface area contributed by atoms with Crippen molar-refractivity contribution in [2.75, 3.05) is 4.72 Å². The van der Waals surface area contributed by atoms with Crippen molar-refractivity contribution in [3.05, 3.63) is 78.2 Å². The standard InChI is InChI=1S/C22H22FN3O4S/c1-3-15(2)25-21(27)20-5-4-14-24-22(20)30-18-10-8-17(9-11-18)26-31(28,29)19-12-6-16(23)7-13-19/h4-15,26H,3H2,1-2H3,(H,25,27)/t15-/m0/s1. The molecule has 0 saturated heterocycles. The number of rotatable bonds is 8. The number of benzene rings is 2. The molecule has 3 aromatic rings. The van der Waals surface area contributed by atoms with Crippen molar-refractivity contribution in [3.8, 4) is 11.6 Å². The lowest BCUT2D eigenvalue weighted by Gasteiger charge is -2.14. The van der Waals surface area contributed by atoms with E-state index in [0.29, 0.717) is 17.0 Å². The quantitative estimate of drug-likeness (QED) is 0.540. The first-order chi connectivity index (χ1) is 14.8. The number of carbonyl (C=O) groups excluding carboxylic acids is 1. The zero-order valence-electron chi connectivity index (χ0n) is 17.0. The molecule has 0 aliphatic rings. The second kappa shape index (κ2) is 9.57. The van der Waals surface area contributed by atoms with Gasteiger partial charge in [0, 0.05) is 17.9 Å². The van der Waals surface area contributed by atoms with Crippen molar-refractivity contribution < 1.29 is 22.3 Å². The molecule has 0 radical (unpaired) electrons. The fourth-order valence-corrected chi connectivity index (χ4v) is 3.64. The van der Waals surface area contributed by atoms with Crippen LogP contribution in [0.1, 0.15) is 30.6 Å². The molecule has 31 heavy (non-hydrogen) atoms. The van der Waals surface area contributed by atoms with Crippen molar-refractivity contribution in [2.45, 2.75) is 31.2 Å². The summed E-state index contributed by atoms with van der Waals surface area (Å²) in [5.74, 6) is -0.294. The zero-order chi connectivity index (χ0) is 22.4. The average molecular weight is 444 g/mol. The Hall–Kier alpha value is -3.46. The first kappa shape index (κ1) is 22.2. The van der Waals surface area contributed by atoms with Gasteiger partial charge in [0.05, 0.1) is 4.90 Å². The van der Waals surface area contributed by atoms with Crippen LogP contribution < -0.4 is 14.8 Å². The third kappa shape index (κ3) is 5.79. The minimum absolute atomic E-state index is 0.00831. The molecular formula is C22H22FN3O4S. The van der Waals surface area contributed by atoms with Gasteiger partial charge in [0.15, 0.2) is 0 Å². The van der Waals surface area contributed by atoms with Crippen LogP contribution in [-0.4, -0.2) is 25.4 Å². The number of amides is 1. The molecule has 0 unspecified atom stereocenters. The fraction of sp³-hybridized carbons (Fsp3) is 0.182. The number of sulfonamides is 1. The molecular weight excluding hydrogens is 421 g/mol. The summed E-state index contributed by atoms with van der Waals surface area (Å²) in [6, 6.07) is 13.9. The largest absolute Gasteiger partial charge is 0.438 e. The maximum Gasteiger partial charge on any atom is 0.261 e. The molecule has 2 aromatic carbocycles. The lowest BCUT2D eigenvalue weighted by Crippen LogP contribution is -2.32. The summed E-state index contributed by atoms with van der Waals surface area (Å²) in [7, 11) is -3.86. The highest BCUT2D eigenvalue weighted by molar-refractivity contribution is 7.92. The predicted octanol–water partition coefficient (Wildman–Crippen LogP) is 4.34. The summed E-state index contributed by atoms with van der Waals surface area (Å²) in [5.41, 5.74) is 0.594. The van der Waals surface area contributed by atoms with Crippen LogP contribution in [0.15, 0.2) is 71.8 Å². The van der Waals surface area contributed by atoms with Gasteiger partial charge in [0.25, 0.3) is 15.9 Å². The number of nitrogens with zero attached hydrogens (tertiary/aromatic N) is 1. The van der Waals surface area contributed by atoms with E-state index >= 15 is 0 Å². The van der Waals surface area contributed by atoms with E-state index in [1.54, 1.807) is 24.3 Å². The van der Waals surface area contributed by atoms with Crippen LogP contribution in [0.5, 0.6) is 11.6 Å². The maximum atomic E-state index is 13.0. The highest BCUT2D eigenvalue weighted by Crippen LogP contribution is 2.25. The first-order valence-corrected chi connectivity index (χ1v) is 11.1. The first-order valence-electron chi connectivity index (χ1n) is 9.60. The number of anilines is 1. The SMILES string of the molecule is CC[C@H](C)NC(=O)c1cccnc1Oc1ccc(NS(=O)(=O)c2ccc(F)cc2)cc1. The number of hydrogen-bond donors (Lipinski definition) is 2. The molecule has 0 saturated carbocycles. The number of pyridine rings is 1. The molecule has 0 bridgehead atoms. The minimum atomic E-state index is -3.86. The van der Waals surface area contributed by atoms with Crippen molar-refractivity contribution in [1.29, 1.82) is 0 Å². The Balaban J connectivity index is 1.73. The summed E-state index contributed by atoms with van der Waals surface area (Å²) < 4.78 is 46.0. The molecule has 0 fully saturated rings. The zero-order valence-corrected chi connectivity index (χ0v) is 17.8. The lowest BCUT2D eigenvalue weighted by molar-refractivity contribution is 0.0936. The molecule has 1 aromatic heterocycles. The van der Waals surface area contributed by atoms with E-state index < -0.39 is 15.8 Å². The Labute approximate surface area is 180 Å². The highest BCUT2D eigenvalue weighted by atomic mass is 32.2. The Morgan fingerprint density at radius 2 is 1.77 bits per heavy atom. The second-order valence-corrected chi connectivity index (χ2v) is 8.51. The number of nitrogens with one attached hydrogen (secondary N) is 2. The molecule has 3 rings (SSSR count). The van der Waals surface area contributed by atoms with Crippen molar-refractivity contribution in [3.63, 3.8) is 0 Å². The Morgan fingerprint density at radius 3 is 2.42 bits per heavy atom. The Morgan fingerprint density at radius 1 is 1.10 bits per heavy atom. The molecule has 1 amide bonds. The van der Waals surface area contributed by atoms with Crippen molar-refractivity contribution in [2.24, 2.45) is 0 Å². The van der Waals surface area contributed by atoms with E-state index in [-0.39, 0.29) is 22.7 Å². The van der Waals surface area contributed by atoms with E-state index in [4.69, 9.17) is 4.74 Å². The Bertz CT molecular complexity index is 1150. The van der Waals surface area contributed by atoms with E-state index in [0.717, 1.165) is 18.6 Å². The summed E-state index contributed by atoms with van der Waals surface area (Å²) in [6.07, 6.45) is 2.30. The van der Waals surface area contributed by atoms with Crippen LogP contribution in [-0.2, 0) is 10.0 Å². The molecule has 7 nitrogen and oxygen atoms in total. The topological polar surface area (TPSA) is 97.4 Å². The van der Waals surface area contributed by atoms with Crippen LogP contribution >= 0.6 is 0 Å². The van der Waals surface area contributed by atoms with Gasteiger partial charge in [-0.25, -0.2) is 17.8 Å². The van der Waals surface area contributed by atoms with Gasteiger partial charge in [0.2, 0.25) is 5.88 Å². The van der Waals surface area contributed by atoms with E-state index in [9.17, 15) is 17.6 Å². The van der Waals surface area contributed by atoms with Gasteiger partial charge in [-0.2, -0.15) is 0 Å². The summed E-state index contributed by atoms with van der Waals surface area (Å²) >= 11 is 0. The molecule has 162 valence electrons. The number of ether oxygens (including phenoxy) is 1. The average Bonchev–Trinajstić information content (AvgIpc) is 2.75. The van der Waals surface area contributed by atoms with E-state index in [2.05, 4.69) is 15.0 Å². The van der Waals surface area contributed by atoms with Crippen molar-refractivity contribution in [1.82, 2.24) is 10.3 Å². The van der Waals surface area contributed by atoms with Crippen LogP contribution in [0.3, 0.4) is 0 Å². The van der Waals surface area contributed by atoms with Gasteiger partial charge in [0.1, 0.15) is 17.1 Å². The summed E-state index contributed by atoms with van der Waals surface area (Å²) in [6.45, 7) is 3.87. The third-order valence-electron chi connectivity index (χ3n) is 4.45. The molecule has 0 aliphatic carbocycles. The lowest BCUT2D eigenvalue weighted by atomic mass is 10.2. The second-order valence-electron chi connectivity index (χ2n) is 6.82. The van der Waals surface area contributed by atoms with E-state index in [1.807, 2.05) is 13.8 Å².